The molecule has 5 heteroatoms. The lowest BCUT2D eigenvalue weighted by atomic mass is 9.94. The zero-order chi connectivity index (χ0) is 34.2. The zero-order valence-corrected chi connectivity index (χ0v) is 27.7. The molecule has 0 unspecified atom stereocenters. The summed E-state index contributed by atoms with van der Waals surface area (Å²) in [6.07, 6.45) is 0. The molecular weight excluding hydrogens is 639 g/mol. The molecule has 0 bridgehead atoms. The molecule has 0 amide bonds. The Morgan fingerprint density at radius 3 is 1.88 bits per heavy atom. The van der Waals surface area contributed by atoms with Gasteiger partial charge in [0.1, 0.15) is 22.3 Å². The molecule has 0 saturated carbocycles. The minimum Gasteiger partial charge on any atom is -0.456 e. The summed E-state index contributed by atoms with van der Waals surface area (Å²) >= 11 is 0. The molecule has 52 heavy (non-hydrogen) atoms. The Morgan fingerprint density at radius 2 is 1.00 bits per heavy atom. The molecular formula is C47H27N3O2. The van der Waals surface area contributed by atoms with E-state index in [2.05, 4.69) is 103 Å². The van der Waals surface area contributed by atoms with Gasteiger partial charge in [0.2, 0.25) is 0 Å². The van der Waals surface area contributed by atoms with Gasteiger partial charge in [-0.1, -0.05) is 127 Å². The Balaban J connectivity index is 1.17. The van der Waals surface area contributed by atoms with E-state index in [1.165, 1.54) is 5.39 Å². The number of para-hydroxylation sites is 1. The molecule has 11 aromatic rings. The van der Waals surface area contributed by atoms with Crippen LogP contribution in [-0.2, 0) is 0 Å². The number of fused-ring (bicyclic) bond motifs is 9. The fraction of sp³-hybridized carbons (Fsp3) is 0. The van der Waals surface area contributed by atoms with Crippen LogP contribution in [0, 0.1) is 0 Å². The first-order valence-electron chi connectivity index (χ1n) is 17.3. The van der Waals surface area contributed by atoms with Crippen molar-refractivity contribution < 1.29 is 8.83 Å². The van der Waals surface area contributed by atoms with Crippen LogP contribution in [0.3, 0.4) is 0 Å². The first-order valence-corrected chi connectivity index (χ1v) is 17.3. The van der Waals surface area contributed by atoms with Crippen LogP contribution >= 0.6 is 0 Å². The van der Waals surface area contributed by atoms with Crippen molar-refractivity contribution in [3.63, 3.8) is 0 Å². The lowest BCUT2D eigenvalue weighted by Gasteiger charge is -2.11. The van der Waals surface area contributed by atoms with E-state index in [0.717, 1.165) is 87.9 Å². The third kappa shape index (κ3) is 4.46. The number of hydrogen-bond acceptors (Lipinski definition) is 5. The van der Waals surface area contributed by atoms with Crippen molar-refractivity contribution in [2.24, 2.45) is 0 Å². The summed E-state index contributed by atoms with van der Waals surface area (Å²) in [5, 5.41) is 8.63. The summed E-state index contributed by atoms with van der Waals surface area (Å²) in [6, 6.07) is 56.3. The van der Waals surface area contributed by atoms with Crippen molar-refractivity contribution >= 4 is 65.4 Å². The molecule has 5 nitrogen and oxygen atoms in total. The Hall–Kier alpha value is -7.11. The van der Waals surface area contributed by atoms with Crippen molar-refractivity contribution in [3.05, 3.63) is 164 Å². The fourth-order valence-electron chi connectivity index (χ4n) is 7.64. The SMILES string of the molecule is c1ccc(-c2nc(-c3ccc4ccccc4c3)nc(-c3cccc4oc5c6ccccc6c(-c6ccc7c(c6)oc6ccccc67)cc5c34)n2)cc1. The maximum atomic E-state index is 6.72. The van der Waals surface area contributed by atoms with Crippen molar-refractivity contribution in [1.29, 1.82) is 0 Å². The average molecular weight is 666 g/mol. The summed E-state index contributed by atoms with van der Waals surface area (Å²) < 4.78 is 13.0. The zero-order valence-electron chi connectivity index (χ0n) is 27.7. The average Bonchev–Trinajstić information content (AvgIpc) is 3.79. The molecule has 0 aliphatic carbocycles. The Bertz CT molecular complexity index is 3190. The first-order chi connectivity index (χ1) is 25.7. The second-order valence-electron chi connectivity index (χ2n) is 13.2. The lowest BCUT2D eigenvalue weighted by molar-refractivity contribution is 0.669. The molecule has 0 aliphatic heterocycles. The fourth-order valence-corrected chi connectivity index (χ4v) is 7.64. The highest BCUT2D eigenvalue weighted by atomic mass is 16.3. The molecule has 0 N–H and O–H groups in total. The summed E-state index contributed by atoms with van der Waals surface area (Å²) in [5.74, 6) is 1.82. The largest absolute Gasteiger partial charge is 0.456 e. The van der Waals surface area contributed by atoms with Gasteiger partial charge < -0.3 is 8.83 Å². The minimum absolute atomic E-state index is 0.587. The van der Waals surface area contributed by atoms with E-state index in [9.17, 15) is 0 Å². The van der Waals surface area contributed by atoms with Gasteiger partial charge in [0.15, 0.2) is 17.5 Å². The Morgan fingerprint density at radius 1 is 0.327 bits per heavy atom. The quantitative estimate of drug-likeness (QED) is 0.187. The molecule has 0 radical (unpaired) electrons. The highest BCUT2D eigenvalue weighted by molar-refractivity contribution is 6.22. The van der Waals surface area contributed by atoms with Crippen LogP contribution in [0.4, 0.5) is 0 Å². The molecule has 3 aromatic heterocycles. The number of benzene rings is 8. The van der Waals surface area contributed by atoms with Crippen LogP contribution < -0.4 is 0 Å². The predicted molar refractivity (Wildman–Crippen MR) is 211 cm³/mol. The maximum Gasteiger partial charge on any atom is 0.164 e. The third-order valence-electron chi connectivity index (χ3n) is 10.1. The van der Waals surface area contributed by atoms with Gasteiger partial charge in [-0.05, 0) is 63.7 Å². The maximum absolute atomic E-state index is 6.72. The second kappa shape index (κ2) is 11.2. The highest BCUT2D eigenvalue weighted by Gasteiger charge is 2.21. The van der Waals surface area contributed by atoms with Gasteiger partial charge >= 0.3 is 0 Å². The first kappa shape index (κ1) is 28.7. The van der Waals surface area contributed by atoms with E-state index in [0.29, 0.717) is 17.5 Å². The lowest BCUT2D eigenvalue weighted by Crippen LogP contribution is -2.00. The van der Waals surface area contributed by atoms with Crippen molar-refractivity contribution in [3.8, 4) is 45.3 Å². The number of hydrogen-bond donors (Lipinski definition) is 0. The molecule has 0 fully saturated rings. The van der Waals surface area contributed by atoms with E-state index < -0.39 is 0 Å². The molecule has 0 saturated heterocycles. The van der Waals surface area contributed by atoms with Crippen molar-refractivity contribution in [2.75, 3.05) is 0 Å². The molecule has 242 valence electrons. The van der Waals surface area contributed by atoms with Gasteiger partial charge in [-0.3, -0.25) is 0 Å². The standard InChI is InChI=1S/C47H27N3O2/c1-2-12-29(13-3-1)45-48-46(32-22-21-28-11-4-5-14-30(28)25-32)50-47(49-45)37-18-10-20-41-43(37)39-27-38(33-15-6-7-17-36(33)44(39)52-41)31-23-24-35-34-16-8-9-19-40(34)51-42(35)26-31/h1-27H. The normalized spacial score (nSPS) is 11.8. The van der Waals surface area contributed by atoms with Crippen LogP contribution in [0.2, 0.25) is 0 Å². The van der Waals surface area contributed by atoms with Crippen molar-refractivity contribution in [1.82, 2.24) is 15.0 Å². The number of rotatable bonds is 4. The molecule has 0 atom stereocenters. The van der Waals surface area contributed by atoms with Crippen molar-refractivity contribution in [2.45, 2.75) is 0 Å². The van der Waals surface area contributed by atoms with E-state index in [1.807, 2.05) is 60.7 Å². The monoisotopic (exact) mass is 665 g/mol. The molecule has 11 rings (SSSR count). The smallest absolute Gasteiger partial charge is 0.164 e. The summed E-state index contributed by atoms with van der Waals surface area (Å²) in [7, 11) is 0. The predicted octanol–water partition coefficient (Wildman–Crippen LogP) is 12.6. The van der Waals surface area contributed by atoms with Crippen LogP contribution in [0.5, 0.6) is 0 Å². The third-order valence-corrected chi connectivity index (χ3v) is 10.1. The van der Waals surface area contributed by atoms with E-state index in [-0.39, 0.29) is 0 Å². The van der Waals surface area contributed by atoms with Gasteiger partial charge in [0.25, 0.3) is 0 Å². The Kier molecular flexibility index (Phi) is 6.18. The Labute approximate surface area is 297 Å². The molecule has 0 spiro atoms. The van der Waals surface area contributed by atoms with Gasteiger partial charge in [-0.2, -0.15) is 0 Å². The summed E-state index contributed by atoms with van der Waals surface area (Å²) in [5.41, 5.74) is 8.25. The van der Waals surface area contributed by atoms with Crippen LogP contribution in [-0.4, -0.2) is 15.0 Å². The second-order valence-corrected chi connectivity index (χ2v) is 13.2. The number of nitrogens with zero attached hydrogens (tertiary/aromatic N) is 3. The van der Waals surface area contributed by atoms with E-state index in [1.54, 1.807) is 0 Å². The number of aromatic nitrogens is 3. The topological polar surface area (TPSA) is 65.0 Å². The van der Waals surface area contributed by atoms with Crippen LogP contribution in [0.25, 0.3) is 111 Å². The van der Waals surface area contributed by atoms with Gasteiger partial charge in [-0.15, -0.1) is 0 Å². The minimum atomic E-state index is 0.587. The van der Waals surface area contributed by atoms with Gasteiger partial charge in [0.05, 0.1) is 0 Å². The number of furan rings is 2. The van der Waals surface area contributed by atoms with E-state index >= 15 is 0 Å². The van der Waals surface area contributed by atoms with E-state index in [4.69, 9.17) is 23.8 Å². The van der Waals surface area contributed by atoms with Gasteiger partial charge in [0, 0.05) is 43.6 Å². The highest BCUT2D eigenvalue weighted by Crippen LogP contribution is 2.44. The molecule has 8 aromatic carbocycles. The summed E-state index contributed by atoms with van der Waals surface area (Å²) in [4.78, 5) is 15.3. The van der Waals surface area contributed by atoms with Crippen LogP contribution in [0.15, 0.2) is 173 Å². The molecule has 0 aliphatic rings. The van der Waals surface area contributed by atoms with Gasteiger partial charge in [-0.25, -0.2) is 15.0 Å². The molecule has 3 heterocycles. The summed E-state index contributed by atoms with van der Waals surface area (Å²) in [6.45, 7) is 0. The van der Waals surface area contributed by atoms with Crippen LogP contribution in [0.1, 0.15) is 0 Å².